The predicted molar refractivity (Wildman–Crippen MR) is 133 cm³/mol. The molecule has 0 saturated carbocycles. The molecule has 0 bridgehead atoms. The Balaban J connectivity index is 1.73. The molecule has 0 aliphatic rings. The lowest BCUT2D eigenvalue weighted by atomic mass is 9.95. The fraction of sp³-hybridized carbons (Fsp3) is 0.120. The molecule has 28 heavy (non-hydrogen) atoms. The highest BCUT2D eigenvalue weighted by Gasteiger charge is 2.20. The summed E-state index contributed by atoms with van der Waals surface area (Å²) in [5.41, 5.74) is 0. The Hall–Kier alpha value is -2.20. The molecule has 0 radical (unpaired) electrons. The summed E-state index contributed by atoms with van der Waals surface area (Å²) in [7, 11) is -1.29. The topological polar surface area (TPSA) is 0 Å². The van der Waals surface area contributed by atoms with E-state index in [1.165, 1.54) is 52.5 Å². The summed E-state index contributed by atoms with van der Waals surface area (Å²) in [5, 5.41) is 13.2. The quantitative estimate of drug-likeness (QED) is 0.189. The van der Waals surface area contributed by atoms with Gasteiger partial charge in [-0.25, -0.2) is 0 Å². The Labute approximate surface area is 173 Å². The lowest BCUT2D eigenvalue weighted by Gasteiger charge is -2.11. The van der Waals surface area contributed by atoms with Gasteiger partial charge in [0.05, 0.1) is 8.07 Å². The second kappa shape index (κ2) is 5.66. The maximum Gasteiger partial charge on any atom is 0.0904 e. The third-order valence-corrected chi connectivity index (χ3v) is 11.4. The number of hydrogen-bond donors (Lipinski definition) is 0. The van der Waals surface area contributed by atoms with E-state index in [9.17, 15) is 0 Å². The molecule has 0 fully saturated rings. The van der Waals surface area contributed by atoms with E-state index < -0.39 is 8.07 Å². The summed E-state index contributed by atoms with van der Waals surface area (Å²) in [5.74, 6) is 0. The minimum atomic E-state index is -1.29. The van der Waals surface area contributed by atoms with Crippen molar-refractivity contribution in [1.29, 1.82) is 0 Å². The van der Waals surface area contributed by atoms with Crippen molar-refractivity contribution < 1.29 is 0 Å². The van der Waals surface area contributed by atoms with Crippen molar-refractivity contribution in [3.8, 4) is 0 Å². The molecule has 0 spiro atoms. The summed E-state index contributed by atoms with van der Waals surface area (Å²) >= 11 is 3.81. The van der Waals surface area contributed by atoms with Crippen LogP contribution < -0.4 is 4.50 Å². The molecule has 2 aromatic heterocycles. The molecule has 0 unspecified atom stereocenters. The van der Waals surface area contributed by atoms with Gasteiger partial charge in [-0.1, -0.05) is 56.0 Å². The highest BCUT2D eigenvalue weighted by molar-refractivity contribution is 7.31. The molecule has 3 heteroatoms. The highest BCUT2D eigenvalue weighted by atomic mass is 32.1. The number of hydrogen-bond acceptors (Lipinski definition) is 2. The van der Waals surface area contributed by atoms with Crippen molar-refractivity contribution >= 4 is 87.7 Å². The van der Waals surface area contributed by atoms with E-state index in [0.29, 0.717) is 0 Å². The molecule has 136 valence electrons. The van der Waals surface area contributed by atoms with Gasteiger partial charge in [0.1, 0.15) is 0 Å². The van der Waals surface area contributed by atoms with Gasteiger partial charge < -0.3 is 0 Å². The van der Waals surface area contributed by atoms with Gasteiger partial charge in [0, 0.05) is 20.2 Å². The third kappa shape index (κ3) is 2.27. The van der Waals surface area contributed by atoms with Crippen LogP contribution in [0.2, 0.25) is 19.6 Å². The van der Waals surface area contributed by atoms with Crippen LogP contribution in [0.15, 0.2) is 66.0 Å². The summed E-state index contributed by atoms with van der Waals surface area (Å²) in [6, 6.07) is 23.3. The molecule has 0 saturated heterocycles. The zero-order valence-corrected chi connectivity index (χ0v) is 18.8. The fourth-order valence-corrected chi connectivity index (χ4v) is 8.14. The molecular formula is C25H20S2Si. The molecule has 0 N–H and O–H groups in total. The molecule has 6 rings (SSSR count). The van der Waals surface area contributed by atoms with Crippen molar-refractivity contribution in [3.63, 3.8) is 0 Å². The zero-order valence-electron chi connectivity index (χ0n) is 16.2. The van der Waals surface area contributed by atoms with Crippen LogP contribution in [0.25, 0.3) is 52.5 Å². The van der Waals surface area contributed by atoms with Crippen molar-refractivity contribution in [1.82, 2.24) is 0 Å². The van der Waals surface area contributed by atoms with E-state index in [2.05, 4.69) is 85.7 Å². The van der Waals surface area contributed by atoms with E-state index in [4.69, 9.17) is 0 Å². The van der Waals surface area contributed by atoms with E-state index in [-0.39, 0.29) is 0 Å². The van der Waals surface area contributed by atoms with Gasteiger partial charge in [0.15, 0.2) is 0 Å². The first kappa shape index (κ1) is 16.7. The van der Waals surface area contributed by atoms with Crippen molar-refractivity contribution in [2.75, 3.05) is 0 Å². The molecule has 0 nitrogen and oxygen atoms in total. The van der Waals surface area contributed by atoms with Crippen LogP contribution in [-0.2, 0) is 0 Å². The fourth-order valence-electron chi connectivity index (χ4n) is 4.38. The van der Waals surface area contributed by atoms with Crippen molar-refractivity contribution in [3.05, 3.63) is 66.0 Å². The Morgan fingerprint density at radius 1 is 0.536 bits per heavy atom. The van der Waals surface area contributed by atoms with E-state index in [1.54, 1.807) is 4.50 Å². The van der Waals surface area contributed by atoms with Crippen molar-refractivity contribution in [2.45, 2.75) is 19.6 Å². The first-order valence-electron chi connectivity index (χ1n) is 9.69. The van der Waals surface area contributed by atoms with Crippen LogP contribution >= 0.6 is 22.7 Å². The molecule has 2 heterocycles. The van der Waals surface area contributed by atoms with Gasteiger partial charge in [0.2, 0.25) is 0 Å². The third-order valence-electron chi connectivity index (χ3n) is 5.86. The smallest absolute Gasteiger partial charge is 0.0904 e. The molecule has 4 aromatic carbocycles. The van der Waals surface area contributed by atoms with Crippen LogP contribution in [0, 0.1) is 0 Å². The zero-order chi connectivity index (χ0) is 19.0. The van der Waals surface area contributed by atoms with E-state index in [1.807, 2.05) is 22.7 Å². The minimum Gasteiger partial charge on any atom is -0.145 e. The number of thiophene rings is 2. The molecule has 6 aromatic rings. The van der Waals surface area contributed by atoms with Gasteiger partial charge in [-0.2, -0.15) is 0 Å². The van der Waals surface area contributed by atoms with Gasteiger partial charge in [-0.3, -0.25) is 0 Å². The summed E-state index contributed by atoms with van der Waals surface area (Å²) in [4.78, 5) is 0. The summed E-state index contributed by atoms with van der Waals surface area (Å²) in [6.07, 6.45) is 0. The van der Waals surface area contributed by atoms with Crippen LogP contribution in [0.5, 0.6) is 0 Å². The van der Waals surface area contributed by atoms with Gasteiger partial charge in [-0.05, 0) is 66.5 Å². The second-order valence-electron chi connectivity index (χ2n) is 8.65. The number of rotatable bonds is 1. The molecular weight excluding hydrogens is 392 g/mol. The van der Waals surface area contributed by atoms with Gasteiger partial charge in [0.25, 0.3) is 0 Å². The summed E-state index contributed by atoms with van der Waals surface area (Å²) in [6.45, 7) is 7.31. The SMILES string of the molecule is C[Si](C)(C)c1cc2c(ccc3c2ccc2c4ccc5sccc5c4ccc32)s1. The highest BCUT2D eigenvalue weighted by Crippen LogP contribution is 2.38. The first-order valence-corrected chi connectivity index (χ1v) is 14.9. The van der Waals surface area contributed by atoms with Crippen LogP contribution in [0.4, 0.5) is 0 Å². The summed E-state index contributed by atoms with van der Waals surface area (Å²) < 4.78 is 4.38. The van der Waals surface area contributed by atoms with Crippen LogP contribution in [-0.4, -0.2) is 8.07 Å². The Bertz CT molecular complexity index is 1540. The minimum absolute atomic E-state index is 1.29. The van der Waals surface area contributed by atoms with Crippen LogP contribution in [0.3, 0.4) is 0 Å². The number of fused-ring (bicyclic) bond motifs is 9. The Morgan fingerprint density at radius 3 is 1.64 bits per heavy atom. The lowest BCUT2D eigenvalue weighted by molar-refractivity contribution is 1.79. The lowest BCUT2D eigenvalue weighted by Crippen LogP contribution is -2.34. The van der Waals surface area contributed by atoms with Crippen LogP contribution in [0.1, 0.15) is 0 Å². The standard InChI is InChI=1S/C25H20S2Si/c1-28(2,3)25-14-22-20-7-5-15-16(18(20)9-11-24(22)27-25)4-6-19-17(15)8-10-23-21(19)12-13-26-23/h4-14H,1-3H3. The van der Waals surface area contributed by atoms with Crippen molar-refractivity contribution in [2.24, 2.45) is 0 Å². The normalized spacial score (nSPS) is 12.8. The Morgan fingerprint density at radius 2 is 1.04 bits per heavy atom. The number of benzene rings is 4. The maximum atomic E-state index is 2.47. The average Bonchev–Trinajstić information content (AvgIpc) is 3.33. The van der Waals surface area contributed by atoms with Gasteiger partial charge in [-0.15, -0.1) is 22.7 Å². The Kier molecular flexibility index (Phi) is 3.38. The molecule has 0 amide bonds. The van der Waals surface area contributed by atoms with Gasteiger partial charge >= 0.3 is 0 Å². The monoisotopic (exact) mass is 412 g/mol. The largest absolute Gasteiger partial charge is 0.145 e. The predicted octanol–water partition coefficient (Wildman–Crippen LogP) is 8.12. The first-order chi connectivity index (χ1) is 13.5. The average molecular weight is 413 g/mol. The second-order valence-corrected chi connectivity index (χ2v) is 16.1. The maximum absolute atomic E-state index is 2.47. The van der Waals surface area contributed by atoms with E-state index >= 15 is 0 Å². The molecule has 0 aliphatic heterocycles. The molecule has 0 aliphatic carbocycles. The van der Waals surface area contributed by atoms with E-state index in [0.717, 1.165) is 0 Å². The molecule has 0 atom stereocenters.